The number of hydrogen-bond acceptors (Lipinski definition) is 5. The molecule has 0 unspecified atom stereocenters. The van der Waals surface area contributed by atoms with Crippen molar-refractivity contribution in [3.05, 3.63) is 51.6 Å². The molecule has 7 nitrogen and oxygen atoms in total. The van der Waals surface area contributed by atoms with E-state index in [0.29, 0.717) is 30.7 Å². The minimum absolute atomic E-state index is 0.0139. The van der Waals surface area contributed by atoms with Crippen LogP contribution in [-0.4, -0.2) is 59.4 Å². The molecule has 1 fully saturated rings. The zero-order valence-electron chi connectivity index (χ0n) is 18.0. The fourth-order valence-electron chi connectivity index (χ4n) is 3.39. The van der Waals surface area contributed by atoms with Crippen molar-refractivity contribution in [2.45, 2.75) is 33.1 Å². The minimum atomic E-state index is -0.485. The largest absolute Gasteiger partial charge is 0.353 e. The molecule has 1 aromatic carbocycles. The van der Waals surface area contributed by atoms with Gasteiger partial charge in [-0.3, -0.25) is 9.59 Å². The van der Waals surface area contributed by atoms with Gasteiger partial charge in [0.2, 0.25) is 5.91 Å². The summed E-state index contributed by atoms with van der Waals surface area (Å²) in [5, 5.41) is 2.68. The van der Waals surface area contributed by atoms with E-state index in [2.05, 4.69) is 50.0 Å². The van der Waals surface area contributed by atoms with Crippen LogP contribution in [0.1, 0.15) is 48.1 Å². The van der Waals surface area contributed by atoms with Gasteiger partial charge < -0.3 is 15.1 Å². The van der Waals surface area contributed by atoms with Crippen LogP contribution in [-0.2, 0) is 4.79 Å². The third-order valence-electron chi connectivity index (χ3n) is 5.13. The fourth-order valence-corrected chi connectivity index (χ4v) is 3.81. The number of halogens is 2. The van der Waals surface area contributed by atoms with E-state index in [-0.39, 0.29) is 30.4 Å². The van der Waals surface area contributed by atoms with Gasteiger partial charge in [-0.1, -0.05) is 13.8 Å². The van der Waals surface area contributed by atoms with Crippen molar-refractivity contribution in [3.63, 3.8) is 0 Å². The van der Waals surface area contributed by atoms with E-state index < -0.39 is 11.7 Å². The molecule has 0 spiro atoms. The average Bonchev–Trinajstić information content (AvgIpc) is 2.74. The van der Waals surface area contributed by atoms with E-state index in [1.807, 2.05) is 13.0 Å². The Balaban J connectivity index is 1.48. The SMILES string of the molecule is Cc1cc(N2CCN(C(=O)CCNC(=O)c3cc(F)ccc3Br)CC2)nc(C(C)C)n1. The quantitative estimate of drug-likeness (QED) is 0.670. The van der Waals surface area contributed by atoms with Gasteiger partial charge in [0.25, 0.3) is 5.91 Å². The maximum Gasteiger partial charge on any atom is 0.252 e. The summed E-state index contributed by atoms with van der Waals surface area (Å²) in [6, 6.07) is 5.90. The second-order valence-corrected chi connectivity index (χ2v) is 8.73. The van der Waals surface area contributed by atoms with Crippen molar-refractivity contribution >= 4 is 33.6 Å². The Hall–Kier alpha value is -2.55. The van der Waals surface area contributed by atoms with E-state index in [4.69, 9.17) is 0 Å². The summed E-state index contributed by atoms with van der Waals surface area (Å²) in [5.41, 5.74) is 1.15. The molecular formula is C22H27BrFN5O2. The van der Waals surface area contributed by atoms with Gasteiger partial charge in [-0.2, -0.15) is 0 Å². The first kappa shape index (κ1) is 23.1. The zero-order chi connectivity index (χ0) is 22.5. The third-order valence-corrected chi connectivity index (χ3v) is 5.82. The molecule has 166 valence electrons. The van der Waals surface area contributed by atoms with E-state index in [1.54, 1.807) is 4.90 Å². The van der Waals surface area contributed by atoms with Gasteiger partial charge in [-0.25, -0.2) is 14.4 Å². The molecule has 2 aromatic rings. The first-order valence-corrected chi connectivity index (χ1v) is 11.2. The molecule has 31 heavy (non-hydrogen) atoms. The molecule has 0 saturated carbocycles. The molecule has 1 aliphatic heterocycles. The molecule has 3 rings (SSSR count). The number of anilines is 1. The van der Waals surface area contributed by atoms with Gasteiger partial charge in [-0.05, 0) is 41.1 Å². The van der Waals surface area contributed by atoms with Crippen LogP contribution in [0, 0.1) is 12.7 Å². The van der Waals surface area contributed by atoms with Crippen LogP contribution >= 0.6 is 15.9 Å². The molecular weight excluding hydrogens is 465 g/mol. The monoisotopic (exact) mass is 491 g/mol. The molecule has 9 heteroatoms. The maximum atomic E-state index is 13.4. The van der Waals surface area contributed by atoms with Gasteiger partial charge >= 0.3 is 0 Å². The topological polar surface area (TPSA) is 78.4 Å². The lowest BCUT2D eigenvalue weighted by Crippen LogP contribution is -2.49. The minimum Gasteiger partial charge on any atom is -0.353 e. The summed E-state index contributed by atoms with van der Waals surface area (Å²) in [5.74, 6) is 1.07. The van der Waals surface area contributed by atoms with Crippen molar-refractivity contribution in [1.29, 1.82) is 0 Å². The smallest absolute Gasteiger partial charge is 0.252 e. The Morgan fingerprint density at radius 1 is 1.16 bits per heavy atom. The van der Waals surface area contributed by atoms with Crippen LogP contribution in [0.4, 0.5) is 10.2 Å². The molecule has 1 N–H and O–H groups in total. The Kier molecular flexibility index (Phi) is 7.59. The number of carbonyl (C=O) groups excluding carboxylic acids is 2. The number of nitrogens with one attached hydrogen (secondary N) is 1. The number of aromatic nitrogens is 2. The first-order chi connectivity index (χ1) is 14.7. The predicted octanol–water partition coefficient (Wildman–Crippen LogP) is 3.28. The zero-order valence-corrected chi connectivity index (χ0v) is 19.6. The molecule has 2 heterocycles. The highest BCUT2D eigenvalue weighted by Crippen LogP contribution is 2.19. The summed E-state index contributed by atoms with van der Waals surface area (Å²) < 4.78 is 13.9. The van der Waals surface area contributed by atoms with Gasteiger partial charge in [0.15, 0.2) is 0 Å². The standard InChI is InChI=1S/C22H27BrFN5O2/c1-14(2)21-26-15(3)12-19(27-21)28-8-10-29(11-9-28)20(30)6-7-25-22(31)17-13-16(24)4-5-18(17)23/h4-5,12-14H,6-11H2,1-3H3,(H,25,31). The lowest BCUT2D eigenvalue weighted by Gasteiger charge is -2.35. The van der Waals surface area contributed by atoms with Crippen LogP contribution in [0.25, 0.3) is 0 Å². The summed E-state index contributed by atoms with van der Waals surface area (Å²) in [4.78, 5) is 37.9. The van der Waals surface area contributed by atoms with Gasteiger partial charge in [0.05, 0.1) is 5.56 Å². The number of aryl methyl sites for hydroxylation is 1. The third kappa shape index (κ3) is 6.00. The van der Waals surface area contributed by atoms with Crippen LogP contribution in [0.15, 0.2) is 28.7 Å². The normalized spacial score (nSPS) is 14.1. The Labute approximate surface area is 190 Å². The highest BCUT2D eigenvalue weighted by atomic mass is 79.9. The van der Waals surface area contributed by atoms with Gasteiger partial charge in [0, 0.05) is 61.3 Å². The molecule has 0 atom stereocenters. The summed E-state index contributed by atoms with van der Waals surface area (Å²) >= 11 is 3.24. The average molecular weight is 492 g/mol. The number of amides is 2. The van der Waals surface area contributed by atoms with Crippen molar-refractivity contribution in [2.75, 3.05) is 37.6 Å². The molecule has 1 aliphatic rings. The number of rotatable bonds is 6. The van der Waals surface area contributed by atoms with Crippen molar-refractivity contribution < 1.29 is 14.0 Å². The van der Waals surface area contributed by atoms with Crippen molar-refractivity contribution in [2.24, 2.45) is 0 Å². The predicted molar refractivity (Wildman–Crippen MR) is 121 cm³/mol. The summed E-state index contributed by atoms with van der Waals surface area (Å²) in [6.45, 7) is 8.90. The van der Waals surface area contributed by atoms with Crippen molar-refractivity contribution in [3.8, 4) is 0 Å². The van der Waals surface area contributed by atoms with E-state index in [1.165, 1.54) is 18.2 Å². The van der Waals surface area contributed by atoms with Crippen LogP contribution in [0.5, 0.6) is 0 Å². The highest BCUT2D eigenvalue weighted by molar-refractivity contribution is 9.10. The van der Waals surface area contributed by atoms with Crippen LogP contribution in [0.3, 0.4) is 0 Å². The van der Waals surface area contributed by atoms with Gasteiger partial charge in [-0.15, -0.1) is 0 Å². The fraction of sp³-hybridized carbons (Fsp3) is 0.455. The number of nitrogens with zero attached hydrogens (tertiary/aromatic N) is 4. The molecule has 0 radical (unpaired) electrons. The molecule has 1 aromatic heterocycles. The number of carbonyl (C=O) groups is 2. The summed E-state index contributed by atoms with van der Waals surface area (Å²) in [6.07, 6.45) is 0.197. The number of hydrogen-bond donors (Lipinski definition) is 1. The molecule has 0 aliphatic carbocycles. The maximum absolute atomic E-state index is 13.4. The van der Waals surface area contributed by atoms with Gasteiger partial charge in [0.1, 0.15) is 17.5 Å². The van der Waals surface area contributed by atoms with E-state index in [0.717, 1.165) is 17.3 Å². The Bertz CT molecular complexity index is 961. The van der Waals surface area contributed by atoms with Crippen molar-refractivity contribution in [1.82, 2.24) is 20.2 Å². The molecule has 0 bridgehead atoms. The second kappa shape index (κ2) is 10.2. The lowest BCUT2D eigenvalue weighted by molar-refractivity contribution is -0.131. The molecule has 2 amide bonds. The molecule has 1 saturated heterocycles. The first-order valence-electron chi connectivity index (χ1n) is 10.4. The van der Waals surface area contributed by atoms with E-state index >= 15 is 0 Å². The number of benzene rings is 1. The summed E-state index contributed by atoms with van der Waals surface area (Å²) in [7, 11) is 0. The Morgan fingerprint density at radius 2 is 1.87 bits per heavy atom. The second-order valence-electron chi connectivity index (χ2n) is 7.88. The lowest BCUT2D eigenvalue weighted by atomic mass is 10.2. The van der Waals surface area contributed by atoms with E-state index in [9.17, 15) is 14.0 Å². The highest BCUT2D eigenvalue weighted by Gasteiger charge is 2.23. The Morgan fingerprint density at radius 3 is 2.55 bits per heavy atom. The number of piperazine rings is 1. The van der Waals surface area contributed by atoms with Crippen LogP contribution in [0.2, 0.25) is 0 Å². The van der Waals surface area contributed by atoms with Crippen LogP contribution < -0.4 is 10.2 Å².